The SMILES string of the molecule is CCNC(=O)N1C[C@H](C(=O)N2CCN(C)CC2)[C@@H](c2cccc(C(F)(F)F)c2)C1. The van der Waals surface area contributed by atoms with Crippen LogP contribution in [0.1, 0.15) is 24.0 Å². The van der Waals surface area contributed by atoms with E-state index in [1.54, 1.807) is 17.9 Å². The van der Waals surface area contributed by atoms with Gasteiger partial charge in [-0.25, -0.2) is 4.79 Å². The van der Waals surface area contributed by atoms with Crippen molar-refractivity contribution in [2.75, 3.05) is 52.9 Å². The molecule has 2 fully saturated rings. The van der Waals surface area contributed by atoms with Crippen molar-refractivity contribution in [3.05, 3.63) is 35.4 Å². The number of hydrogen-bond acceptors (Lipinski definition) is 3. The molecule has 0 spiro atoms. The number of nitrogens with one attached hydrogen (secondary N) is 1. The molecular formula is C20H27F3N4O2. The molecule has 0 saturated carbocycles. The number of likely N-dealkylation sites (tertiary alicyclic amines) is 1. The van der Waals surface area contributed by atoms with Crippen molar-refractivity contribution in [3.8, 4) is 0 Å². The van der Waals surface area contributed by atoms with Gasteiger partial charge in [-0.1, -0.05) is 18.2 Å². The monoisotopic (exact) mass is 412 g/mol. The highest BCUT2D eigenvalue weighted by molar-refractivity contribution is 5.83. The molecule has 160 valence electrons. The van der Waals surface area contributed by atoms with Gasteiger partial charge in [-0.15, -0.1) is 0 Å². The van der Waals surface area contributed by atoms with Gasteiger partial charge in [0.25, 0.3) is 0 Å². The summed E-state index contributed by atoms with van der Waals surface area (Å²) in [5.41, 5.74) is -0.295. The smallest absolute Gasteiger partial charge is 0.340 e. The van der Waals surface area contributed by atoms with Crippen LogP contribution in [0.3, 0.4) is 0 Å². The molecule has 3 amide bonds. The van der Waals surface area contributed by atoms with Crippen molar-refractivity contribution >= 4 is 11.9 Å². The Balaban J connectivity index is 1.87. The van der Waals surface area contributed by atoms with Gasteiger partial charge in [0, 0.05) is 51.7 Å². The number of nitrogens with zero attached hydrogens (tertiary/aromatic N) is 3. The average molecular weight is 412 g/mol. The lowest BCUT2D eigenvalue weighted by Gasteiger charge is -2.35. The maximum Gasteiger partial charge on any atom is 0.416 e. The van der Waals surface area contributed by atoms with Crippen molar-refractivity contribution in [1.29, 1.82) is 0 Å². The van der Waals surface area contributed by atoms with Gasteiger partial charge >= 0.3 is 12.2 Å². The first-order valence-electron chi connectivity index (χ1n) is 9.88. The zero-order valence-electron chi connectivity index (χ0n) is 16.7. The Kier molecular flexibility index (Phi) is 6.36. The van der Waals surface area contributed by atoms with Gasteiger partial charge in [0.1, 0.15) is 0 Å². The molecule has 0 aliphatic carbocycles. The molecule has 1 aromatic rings. The van der Waals surface area contributed by atoms with Crippen LogP contribution in [-0.2, 0) is 11.0 Å². The molecule has 9 heteroatoms. The van der Waals surface area contributed by atoms with Crippen molar-refractivity contribution in [1.82, 2.24) is 20.0 Å². The number of hydrogen-bond donors (Lipinski definition) is 1. The van der Waals surface area contributed by atoms with Gasteiger partial charge in [-0.05, 0) is 25.6 Å². The Morgan fingerprint density at radius 2 is 1.79 bits per heavy atom. The molecule has 29 heavy (non-hydrogen) atoms. The first-order valence-corrected chi connectivity index (χ1v) is 9.88. The number of carbonyl (C=O) groups is 2. The Morgan fingerprint density at radius 3 is 2.41 bits per heavy atom. The van der Waals surface area contributed by atoms with Gasteiger partial charge in [-0.2, -0.15) is 13.2 Å². The second-order valence-electron chi connectivity index (χ2n) is 7.71. The summed E-state index contributed by atoms with van der Waals surface area (Å²) in [6, 6.07) is 4.82. The van der Waals surface area contributed by atoms with Crippen LogP contribution in [0.5, 0.6) is 0 Å². The van der Waals surface area contributed by atoms with Gasteiger partial charge in [0.2, 0.25) is 5.91 Å². The molecule has 0 radical (unpaired) electrons. The van der Waals surface area contributed by atoms with Crippen LogP contribution >= 0.6 is 0 Å². The maximum absolute atomic E-state index is 13.2. The fraction of sp³-hybridized carbons (Fsp3) is 0.600. The summed E-state index contributed by atoms with van der Waals surface area (Å²) in [5, 5.41) is 2.72. The van der Waals surface area contributed by atoms with Crippen molar-refractivity contribution in [3.63, 3.8) is 0 Å². The molecule has 6 nitrogen and oxygen atoms in total. The third-order valence-corrected chi connectivity index (χ3v) is 5.71. The number of likely N-dealkylation sites (N-methyl/N-ethyl adjacent to an activating group) is 1. The van der Waals surface area contributed by atoms with Crippen LogP contribution in [0.15, 0.2) is 24.3 Å². The van der Waals surface area contributed by atoms with Gasteiger partial charge < -0.3 is 20.0 Å². The number of carbonyl (C=O) groups excluding carboxylic acids is 2. The fourth-order valence-corrected chi connectivity index (χ4v) is 4.03. The van der Waals surface area contributed by atoms with E-state index in [2.05, 4.69) is 10.2 Å². The van der Waals surface area contributed by atoms with E-state index in [9.17, 15) is 22.8 Å². The Labute approximate surface area is 168 Å². The Morgan fingerprint density at radius 1 is 1.10 bits per heavy atom. The summed E-state index contributed by atoms with van der Waals surface area (Å²) >= 11 is 0. The third-order valence-electron chi connectivity index (χ3n) is 5.71. The van der Waals surface area contributed by atoms with E-state index in [1.165, 1.54) is 11.0 Å². The van der Waals surface area contributed by atoms with E-state index in [1.807, 2.05) is 7.05 Å². The summed E-state index contributed by atoms with van der Waals surface area (Å²) in [4.78, 5) is 31.0. The molecular weight excluding hydrogens is 385 g/mol. The summed E-state index contributed by atoms with van der Waals surface area (Å²) in [6.07, 6.45) is -4.45. The highest BCUT2D eigenvalue weighted by Crippen LogP contribution is 2.37. The lowest BCUT2D eigenvalue weighted by Crippen LogP contribution is -2.50. The Hall–Kier alpha value is -2.29. The van der Waals surface area contributed by atoms with Crippen molar-refractivity contribution < 1.29 is 22.8 Å². The standard InChI is InChI=1S/C20H27F3N4O2/c1-3-24-19(29)27-12-16(14-5-4-6-15(11-14)20(21,22)23)17(13-27)18(28)26-9-7-25(2)8-10-26/h4-6,11,16-17H,3,7-10,12-13H2,1-2H3,(H,24,29)/t16-,17+/m1/s1. The molecule has 1 aromatic carbocycles. The number of amides is 3. The summed E-state index contributed by atoms with van der Waals surface area (Å²) in [6.45, 7) is 5.35. The zero-order chi connectivity index (χ0) is 21.2. The minimum atomic E-state index is -4.45. The topological polar surface area (TPSA) is 55.9 Å². The van der Waals surface area contributed by atoms with E-state index in [4.69, 9.17) is 0 Å². The molecule has 2 aliphatic heterocycles. The Bertz CT molecular complexity index is 747. The van der Waals surface area contributed by atoms with Crippen LogP contribution in [-0.4, -0.2) is 79.5 Å². The molecule has 0 aromatic heterocycles. The lowest BCUT2D eigenvalue weighted by molar-refractivity contribution is -0.137. The van der Waals surface area contributed by atoms with Crippen LogP contribution in [0, 0.1) is 5.92 Å². The summed E-state index contributed by atoms with van der Waals surface area (Å²) in [7, 11) is 1.99. The molecule has 2 aliphatic rings. The highest BCUT2D eigenvalue weighted by atomic mass is 19.4. The van der Waals surface area contributed by atoms with Crippen LogP contribution < -0.4 is 5.32 Å². The van der Waals surface area contributed by atoms with E-state index < -0.39 is 23.6 Å². The number of alkyl halides is 3. The van der Waals surface area contributed by atoms with Gasteiger partial charge in [0.05, 0.1) is 11.5 Å². The normalized spacial score (nSPS) is 23.3. The maximum atomic E-state index is 13.2. The molecule has 2 atom stereocenters. The van der Waals surface area contributed by atoms with E-state index in [0.717, 1.165) is 25.2 Å². The highest BCUT2D eigenvalue weighted by Gasteiger charge is 2.43. The van der Waals surface area contributed by atoms with Gasteiger partial charge in [-0.3, -0.25) is 4.79 Å². The summed E-state index contributed by atoms with van der Waals surface area (Å²) < 4.78 is 39.6. The molecule has 3 rings (SSSR count). The van der Waals surface area contributed by atoms with Crippen molar-refractivity contribution in [2.24, 2.45) is 5.92 Å². The lowest BCUT2D eigenvalue weighted by atomic mass is 9.87. The van der Waals surface area contributed by atoms with Crippen LogP contribution in [0.4, 0.5) is 18.0 Å². The minimum Gasteiger partial charge on any atom is -0.340 e. The average Bonchev–Trinajstić information content (AvgIpc) is 3.13. The first kappa shape index (κ1) is 21.4. The largest absolute Gasteiger partial charge is 0.416 e. The fourth-order valence-electron chi connectivity index (χ4n) is 4.03. The molecule has 1 N–H and O–H groups in total. The number of rotatable bonds is 3. The van der Waals surface area contributed by atoms with Crippen LogP contribution in [0.25, 0.3) is 0 Å². The second kappa shape index (κ2) is 8.61. The van der Waals surface area contributed by atoms with Crippen molar-refractivity contribution in [2.45, 2.75) is 19.0 Å². The predicted octanol–water partition coefficient (Wildman–Crippen LogP) is 2.22. The predicted molar refractivity (Wildman–Crippen MR) is 102 cm³/mol. The molecule has 2 saturated heterocycles. The van der Waals surface area contributed by atoms with Gasteiger partial charge in [0.15, 0.2) is 0 Å². The van der Waals surface area contributed by atoms with E-state index >= 15 is 0 Å². The molecule has 2 heterocycles. The number of benzene rings is 1. The quantitative estimate of drug-likeness (QED) is 0.829. The minimum absolute atomic E-state index is 0.0905. The molecule has 0 bridgehead atoms. The molecule has 0 unspecified atom stereocenters. The zero-order valence-corrected chi connectivity index (χ0v) is 16.7. The number of piperazine rings is 1. The van der Waals surface area contributed by atoms with E-state index in [-0.39, 0.29) is 25.0 Å². The first-order chi connectivity index (χ1) is 13.7. The summed E-state index contributed by atoms with van der Waals surface area (Å²) in [5.74, 6) is -1.11. The number of urea groups is 1. The van der Waals surface area contributed by atoms with E-state index in [0.29, 0.717) is 25.2 Å². The second-order valence-corrected chi connectivity index (χ2v) is 7.71. The third kappa shape index (κ3) is 4.83. The van der Waals surface area contributed by atoms with Crippen LogP contribution in [0.2, 0.25) is 0 Å². The number of halogens is 3.